The number of carbonyl (C=O) groups is 1. The Morgan fingerprint density at radius 3 is 2.50 bits per heavy atom. The minimum absolute atomic E-state index is 0.209. The van der Waals surface area contributed by atoms with Crippen molar-refractivity contribution in [3.05, 3.63) is 75.8 Å². The Bertz CT molecular complexity index is 831. The molecule has 0 fully saturated rings. The third-order valence-corrected chi connectivity index (χ3v) is 4.90. The Morgan fingerprint density at radius 2 is 1.73 bits per heavy atom. The van der Waals surface area contributed by atoms with Gasteiger partial charge in [-0.2, -0.15) is 0 Å². The maximum absolute atomic E-state index is 13.8. The highest BCUT2D eigenvalue weighted by Gasteiger charge is 2.13. The summed E-state index contributed by atoms with van der Waals surface area (Å²) in [4.78, 5) is 13.5. The van der Waals surface area contributed by atoms with Gasteiger partial charge in [0.1, 0.15) is 5.82 Å². The highest BCUT2D eigenvalue weighted by molar-refractivity contribution is 9.10. The minimum Gasteiger partial charge on any atom is -0.320 e. The van der Waals surface area contributed by atoms with Gasteiger partial charge < -0.3 is 5.32 Å². The summed E-state index contributed by atoms with van der Waals surface area (Å²) in [7, 11) is 0. The molecule has 110 valence electrons. The lowest BCUT2D eigenvalue weighted by Crippen LogP contribution is -2.10. The fourth-order valence-electron chi connectivity index (χ4n) is 2.01. The summed E-state index contributed by atoms with van der Waals surface area (Å²) in [6.07, 6.45) is 0. The number of hydrogen-bond donors (Lipinski definition) is 1. The largest absolute Gasteiger partial charge is 0.320 e. The minimum atomic E-state index is -0.290. The van der Waals surface area contributed by atoms with Gasteiger partial charge in [0.15, 0.2) is 0 Å². The Kier molecular flexibility index (Phi) is 4.36. The topological polar surface area (TPSA) is 29.1 Å². The van der Waals surface area contributed by atoms with E-state index < -0.39 is 0 Å². The third-order valence-electron chi connectivity index (χ3n) is 3.09. The number of anilines is 1. The van der Waals surface area contributed by atoms with Crippen molar-refractivity contribution in [2.24, 2.45) is 0 Å². The van der Waals surface area contributed by atoms with E-state index in [0.29, 0.717) is 16.1 Å². The Morgan fingerprint density at radius 1 is 1.00 bits per heavy atom. The number of carbonyl (C=O) groups excluding carboxylic acids is 1. The highest BCUT2D eigenvalue weighted by atomic mass is 79.9. The number of thiophene rings is 1. The number of hydrogen-bond acceptors (Lipinski definition) is 2. The molecular weight excluding hydrogens is 365 g/mol. The summed E-state index contributed by atoms with van der Waals surface area (Å²) in [5.41, 5.74) is 1.21. The van der Waals surface area contributed by atoms with Crippen LogP contribution < -0.4 is 5.32 Å². The van der Waals surface area contributed by atoms with Gasteiger partial charge in [0.05, 0.1) is 10.6 Å². The van der Waals surface area contributed by atoms with Gasteiger partial charge in [-0.25, -0.2) is 4.39 Å². The first kappa shape index (κ1) is 14.9. The third kappa shape index (κ3) is 3.10. The first-order chi connectivity index (χ1) is 10.6. The van der Waals surface area contributed by atoms with Crippen molar-refractivity contribution in [2.75, 3.05) is 5.32 Å². The predicted octanol–water partition coefficient (Wildman–Crippen LogP) is 5.57. The van der Waals surface area contributed by atoms with E-state index in [1.54, 1.807) is 30.3 Å². The van der Waals surface area contributed by atoms with E-state index in [2.05, 4.69) is 21.2 Å². The molecule has 22 heavy (non-hydrogen) atoms. The van der Waals surface area contributed by atoms with Gasteiger partial charge in [0.25, 0.3) is 5.91 Å². The van der Waals surface area contributed by atoms with Gasteiger partial charge in [0, 0.05) is 14.9 Å². The molecule has 0 saturated carbocycles. The average molecular weight is 376 g/mol. The molecule has 0 spiro atoms. The van der Waals surface area contributed by atoms with Crippen LogP contribution in [0.5, 0.6) is 0 Å². The van der Waals surface area contributed by atoms with Gasteiger partial charge in [-0.3, -0.25) is 4.79 Å². The molecule has 0 radical (unpaired) electrons. The molecule has 2 nitrogen and oxygen atoms in total. The van der Waals surface area contributed by atoms with Crippen LogP contribution in [0.1, 0.15) is 9.67 Å². The van der Waals surface area contributed by atoms with Gasteiger partial charge in [-0.1, -0.05) is 30.3 Å². The number of nitrogens with one attached hydrogen (secondary N) is 1. The molecule has 0 atom stereocenters. The van der Waals surface area contributed by atoms with E-state index in [1.165, 1.54) is 17.4 Å². The molecule has 1 N–H and O–H groups in total. The lowest BCUT2D eigenvalue weighted by molar-refractivity contribution is 0.103. The maximum atomic E-state index is 13.8. The number of rotatable bonds is 3. The fourth-order valence-corrected chi connectivity index (χ4v) is 3.32. The van der Waals surface area contributed by atoms with Crippen LogP contribution in [-0.4, -0.2) is 5.91 Å². The molecule has 0 saturated heterocycles. The van der Waals surface area contributed by atoms with Crippen LogP contribution in [0.25, 0.3) is 10.4 Å². The van der Waals surface area contributed by atoms with Crippen molar-refractivity contribution in [1.29, 1.82) is 0 Å². The molecule has 0 bridgehead atoms. The second kappa shape index (κ2) is 6.42. The summed E-state index contributed by atoms with van der Waals surface area (Å²) in [6, 6.07) is 17.4. The van der Waals surface area contributed by atoms with E-state index in [1.807, 2.05) is 24.3 Å². The van der Waals surface area contributed by atoms with Crippen molar-refractivity contribution < 1.29 is 9.18 Å². The monoisotopic (exact) mass is 375 g/mol. The molecule has 2 aromatic carbocycles. The van der Waals surface area contributed by atoms with Crippen molar-refractivity contribution in [1.82, 2.24) is 0 Å². The predicted molar refractivity (Wildman–Crippen MR) is 91.8 cm³/mol. The zero-order valence-electron chi connectivity index (χ0n) is 11.3. The summed E-state index contributed by atoms with van der Waals surface area (Å²) >= 11 is 4.65. The van der Waals surface area contributed by atoms with Crippen molar-refractivity contribution in [3.8, 4) is 10.4 Å². The van der Waals surface area contributed by atoms with Gasteiger partial charge in [0.2, 0.25) is 0 Å². The number of para-hydroxylation sites is 1. The Labute approximate surface area is 139 Å². The molecule has 3 aromatic rings. The second-order valence-corrected chi connectivity index (χ2v) is 6.52. The van der Waals surface area contributed by atoms with Gasteiger partial charge in [-0.05, 0) is 46.3 Å². The highest BCUT2D eigenvalue weighted by Crippen LogP contribution is 2.31. The number of halogens is 2. The molecule has 0 aliphatic heterocycles. The Hall–Kier alpha value is -1.98. The molecule has 0 aliphatic rings. The van der Waals surface area contributed by atoms with E-state index in [4.69, 9.17) is 0 Å². The van der Waals surface area contributed by atoms with Gasteiger partial charge in [-0.15, -0.1) is 11.3 Å². The summed E-state index contributed by atoms with van der Waals surface area (Å²) < 4.78 is 14.6. The molecular formula is C17H11BrFNOS. The van der Waals surface area contributed by atoms with Crippen LogP contribution in [0.3, 0.4) is 0 Å². The van der Waals surface area contributed by atoms with Gasteiger partial charge >= 0.3 is 0 Å². The smallest absolute Gasteiger partial charge is 0.265 e. The fraction of sp³-hybridized carbons (Fsp3) is 0. The quantitative estimate of drug-likeness (QED) is 0.636. The van der Waals surface area contributed by atoms with Crippen molar-refractivity contribution in [2.45, 2.75) is 0 Å². The molecule has 1 amide bonds. The first-order valence-electron chi connectivity index (χ1n) is 6.56. The Balaban J connectivity index is 1.84. The second-order valence-electron chi connectivity index (χ2n) is 4.58. The first-order valence-corrected chi connectivity index (χ1v) is 8.17. The zero-order chi connectivity index (χ0) is 15.5. The molecule has 3 rings (SSSR count). The van der Waals surface area contributed by atoms with Crippen LogP contribution in [0.4, 0.5) is 10.1 Å². The van der Waals surface area contributed by atoms with Crippen LogP contribution in [0.2, 0.25) is 0 Å². The summed E-state index contributed by atoms with van der Waals surface area (Å²) in [5.74, 6) is -0.499. The lowest BCUT2D eigenvalue weighted by atomic mass is 10.2. The summed E-state index contributed by atoms with van der Waals surface area (Å²) in [6.45, 7) is 0. The van der Waals surface area contributed by atoms with E-state index in [9.17, 15) is 9.18 Å². The maximum Gasteiger partial charge on any atom is 0.265 e. The van der Waals surface area contributed by atoms with Crippen molar-refractivity contribution in [3.63, 3.8) is 0 Å². The standard InChI is InChI=1S/C17H11BrFNOS/c18-12-6-2-4-8-14(12)20-17(21)16-10-9-15(22-16)11-5-1-3-7-13(11)19/h1-10H,(H,20,21). The van der Waals surface area contributed by atoms with Crippen molar-refractivity contribution >= 4 is 38.9 Å². The molecule has 1 heterocycles. The van der Waals surface area contributed by atoms with Crippen LogP contribution >= 0.6 is 27.3 Å². The van der Waals surface area contributed by atoms with Crippen LogP contribution in [-0.2, 0) is 0 Å². The normalized spacial score (nSPS) is 10.5. The average Bonchev–Trinajstić information content (AvgIpc) is 3.00. The molecule has 5 heteroatoms. The lowest BCUT2D eigenvalue weighted by Gasteiger charge is -2.05. The van der Waals surface area contributed by atoms with Crippen LogP contribution in [0, 0.1) is 5.82 Å². The van der Waals surface area contributed by atoms with E-state index in [0.717, 1.165) is 9.35 Å². The number of amides is 1. The number of benzene rings is 2. The molecule has 0 unspecified atom stereocenters. The SMILES string of the molecule is O=C(Nc1ccccc1Br)c1ccc(-c2ccccc2F)s1. The zero-order valence-corrected chi connectivity index (χ0v) is 13.7. The molecule has 1 aromatic heterocycles. The van der Waals surface area contributed by atoms with E-state index in [-0.39, 0.29) is 11.7 Å². The summed E-state index contributed by atoms with van der Waals surface area (Å²) in [5, 5.41) is 2.84. The molecule has 0 aliphatic carbocycles. The van der Waals surface area contributed by atoms with E-state index >= 15 is 0 Å². The van der Waals surface area contributed by atoms with Crippen LogP contribution in [0.15, 0.2) is 65.1 Å².